The van der Waals surface area contributed by atoms with Crippen molar-refractivity contribution in [2.24, 2.45) is 13.0 Å². The van der Waals surface area contributed by atoms with Gasteiger partial charge in [0, 0.05) is 43.7 Å². The van der Waals surface area contributed by atoms with E-state index in [2.05, 4.69) is 0 Å². The highest BCUT2D eigenvalue weighted by Crippen LogP contribution is 2.29. The van der Waals surface area contributed by atoms with Gasteiger partial charge in [0.15, 0.2) is 0 Å². The number of nitro groups is 1. The van der Waals surface area contributed by atoms with Gasteiger partial charge in [-0.05, 0) is 43.0 Å². The van der Waals surface area contributed by atoms with E-state index < -0.39 is 14.9 Å². The lowest BCUT2D eigenvalue weighted by Crippen LogP contribution is -2.48. The molecule has 186 valence electrons. The van der Waals surface area contributed by atoms with Crippen LogP contribution < -0.4 is 0 Å². The van der Waals surface area contributed by atoms with Crippen molar-refractivity contribution in [1.82, 2.24) is 13.8 Å². The van der Waals surface area contributed by atoms with Gasteiger partial charge in [0.25, 0.3) is 5.69 Å². The fraction of sp³-hybridized carbons (Fsp3) is 0.542. The molecule has 2 aromatic rings. The van der Waals surface area contributed by atoms with Crippen molar-refractivity contribution in [3.8, 4) is 0 Å². The van der Waals surface area contributed by atoms with Crippen LogP contribution in [0.25, 0.3) is 0 Å². The molecule has 9 nitrogen and oxygen atoms in total. The summed E-state index contributed by atoms with van der Waals surface area (Å²) in [5.74, 6) is -0.0235. The number of carbonyl (C=O) groups excluding carboxylic acids is 1. The van der Waals surface area contributed by atoms with E-state index in [9.17, 15) is 23.3 Å². The first-order chi connectivity index (χ1) is 16.1. The average Bonchev–Trinajstić information content (AvgIpc) is 3.21. The van der Waals surface area contributed by atoms with Crippen LogP contribution in [0, 0.1) is 16.0 Å². The molecule has 1 aromatic heterocycles. The molecule has 0 radical (unpaired) electrons. The number of hydrogen-bond donors (Lipinski definition) is 0. The maximum atomic E-state index is 13.6. The number of hydrogen-bond acceptors (Lipinski definition) is 5. The third-order valence-electron chi connectivity index (χ3n) is 6.27. The Hall–Kier alpha value is -2.72. The second-order valence-electron chi connectivity index (χ2n) is 9.37. The molecule has 10 heteroatoms. The Kier molecular flexibility index (Phi) is 8.48. The molecule has 1 heterocycles. The number of non-ortho nitro benzene ring substituents is 1. The number of amides is 1. The lowest BCUT2D eigenvalue weighted by atomic mass is 9.95. The fourth-order valence-electron chi connectivity index (χ4n) is 4.44. The van der Waals surface area contributed by atoms with Crippen molar-refractivity contribution in [3.05, 3.63) is 58.4 Å². The fourth-order valence-corrected chi connectivity index (χ4v) is 6.07. The molecule has 0 saturated heterocycles. The Balaban J connectivity index is 1.90. The van der Waals surface area contributed by atoms with Gasteiger partial charge in [-0.25, -0.2) is 8.42 Å². The Morgan fingerprint density at radius 1 is 1.15 bits per heavy atom. The minimum absolute atomic E-state index is 0.0330. The van der Waals surface area contributed by atoms with Crippen LogP contribution in [0.2, 0.25) is 0 Å². The van der Waals surface area contributed by atoms with Crippen LogP contribution in [-0.4, -0.2) is 52.2 Å². The highest BCUT2D eigenvalue weighted by Gasteiger charge is 2.35. The molecule has 1 aliphatic carbocycles. The SMILES string of the molecule is CC(C)CN(Cc1cccn1C)C(=O)CN(C1CCCCC1)S(=O)(=O)c1ccc([N+](=O)[O-])cc1. The molecule has 0 atom stereocenters. The van der Waals surface area contributed by atoms with E-state index in [1.807, 2.05) is 43.8 Å². The number of benzene rings is 1. The van der Waals surface area contributed by atoms with Gasteiger partial charge in [0.05, 0.1) is 22.9 Å². The highest BCUT2D eigenvalue weighted by atomic mass is 32.2. The van der Waals surface area contributed by atoms with E-state index >= 15 is 0 Å². The van der Waals surface area contributed by atoms with Gasteiger partial charge < -0.3 is 9.47 Å². The van der Waals surface area contributed by atoms with Crippen molar-refractivity contribution in [1.29, 1.82) is 0 Å². The smallest absolute Gasteiger partial charge is 0.269 e. The quantitative estimate of drug-likeness (QED) is 0.370. The van der Waals surface area contributed by atoms with Crippen LogP contribution >= 0.6 is 0 Å². The number of sulfonamides is 1. The second kappa shape index (κ2) is 11.1. The molecule has 0 bridgehead atoms. The molecule has 3 rings (SSSR count). The van der Waals surface area contributed by atoms with Gasteiger partial charge in [-0.3, -0.25) is 14.9 Å². The molecule has 1 aromatic carbocycles. The summed E-state index contributed by atoms with van der Waals surface area (Å²) in [5, 5.41) is 11.0. The number of nitrogens with zero attached hydrogens (tertiary/aromatic N) is 4. The van der Waals surface area contributed by atoms with Crippen molar-refractivity contribution in [2.75, 3.05) is 13.1 Å². The van der Waals surface area contributed by atoms with Crippen LogP contribution in [0.4, 0.5) is 5.69 Å². The van der Waals surface area contributed by atoms with Crippen LogP contribution in [0.3, 0.4) is 0 Å². The van der Waals surface area contributed by atoms with Crippen LogP contribution in [0.1, 0.15) is 51.6 Å². The Morgan fingerprint density at radius 3 is 2.32 bits per heavy atom. The lowest BCUT2D eigenvalue weighted by Gasteiger charge is -2.35. The first-order valence-corrected chi connectivity index (χ1v) is 13.2. The van der Waals surface area contributed by atoms with Crippen LogP contribution in [0.5, 0.6) is 0 Å². The molecule has 0 N–H and O–H groups in total. The van der Waals surface area contributed by atoms with Crippen LogP contribution in [0.15, 0.2) is 47.5 Å². The maximum absolute atomic E-state index is 13.6. The first kappa shape index (κ1) is 25.9. The summed E-state index contributed by atoms with van der Waals surface area (Å²) in [4.78, 5) is 25.6. The third-order valence-corrected chi connectivity index (χ3v) is 8.18. The highest BCUT2D eigenvalue weighted by molar-refractivity contribution is 7.89. The van der Waals surface area contributed by atoms with E-state index in [0.717, 1.165) is 25.0 Å². The Morgan fingerprint density at radius 2 is 1.79 bits per heavy atom. The zero-order valence-electron chi connectivity index (χ0n) is 20.1. The molecular formula is C24H34N4O5S. The monoisotopic (exact) mass is 490 g/mol. The minimum atomic E-state index is -4.01. The third kappa shape index (κ3) is 6.24. The minimum Gasteiger partial charge on any atom is -0.353 e. The summed E-state index contributed by atoms with van der Waals surface area (Å²) in [5.41, 5.74) is 0.793. The number of aromatic nitrogens is 1. The molecule has 0 spiro atoms. The van der Waals surface area contributed by atoms with E-state index in [0.29, 0.717) is 25.9 Å². The van der Waals surface area contributed by atoms with Gasteiger partial charge in [-0.2, -0.15) is 4.31 Å². The summed E-state index contributed by atoms with van der Waals surface area (Å²) in [6.07, 6.45) is 6.17. The topological polar surface area (TPSA) is 106 Å². The summed E-state index contributed by atoms with van der Waals surface area (Å²) in [6, 6.07) is 8.48. The van der Waals surface area contributed by atoms with Gasteiger partial charge in [-0.15, -0.1) is 0 Å². The van der Waals surface area contributed by atoms with E-state index in [1.54, 1.807) is 4.90 Å². The predicted molar refractivity (Wildman–Crippen MR) is 130 cm³/mol. The molecule has 0 unspecified atom stereocenters. The Labute approximate surface area is 201 Å². The largest absolute Gasteiger partial charge is 0.353 e. The second-order valence-corrected chi connectivity index (χ2v) is 11.3. The maximum Gasteiger partial charge on any atom is 0.269 e. The average molecular weight is 491 g/mol. The van der Waals surface area contributed by atoms with Crippen molar-refractivity contribution in [2.45, 2.75) is 63.4 Å². The number of aryl methyl sites for hydroxylation is 1. The molecule has 0 aliphatic heterocycles. The molecule has 1 saturated carbocycles. The molecule has 1 aliphatic rings. The van der Waals surface area contributed by atoms with E-state index in [4.69, 9.17) is 0 Å². The predicted octanol–water partition coefficient (Wildman–Crippen LogP) is 3.94. The standard InChI is InChI=1S/C24H34N4O5S/c1-19(2)16-26(17-22-10-7-15-25(22)3)24(29)18-27(20-8-5-4-6-9-20)34(32,33)23-13-11-21(12-14-23)28(30)31/h7,10-15,19-20H,4-6,8-9,16-18H2,1-3H3. The molecule has 1 fully saturated rings. The van der Waals surface area contributed by atoms with Crippen molar-refractivity contribution >= 4 is 21.6 Å². The van der Waals surface area contributed by atoms with Crippen molar-refractivity contribution < 1.29 is 18.1 Å². The lowest BCUT2D eigenvalue weighted by molar-refractivity contribution is -0.384. The zero-order chi connectivity index (χ0) is 24.9. The normalized spacial score (nSPS) is 15.1. The number of nitro benzene ring substituents is 1. The zero-order valence-corrected chi connectivity index (χ0v) is 20.9. The summed E-state index contributed by atoms with van der Waals surface area (Å²) in [6.45, 7) is 4.72. The van der Waals surface area contributed by atoms with Crippen LogP contribution in [-0.2, 0) is 28.4 Å². The number of carbonyl (C=O) groups is 1. The van der Waals surface area contributed by atoms with Gasteiger partial charge in [0.1, 0.15) is 0 Å². The molecular weight excluding hydrogens is 456 g/mol. The summed E-state index contributed by atoms with van der Waals surface area (Å²) >= 11 is 0. The Bertz CT molecular complexity index is 1090. The number of rotatable bonds is 10. The van der Waals surface area contributed by atoms with E-state index in [-0.39, 0.29) is 35.0 Å². The van der Waals surface area contributed by atoms with Crippen molar-refractivity contribution in [3.63, 3.8) is 0 Å². The van der Waals surface area contributed by atoms with Gasteiger partial charge in [0.2, 0.25) is 15.9 Å². The molecule has 1 amide bonds. The summed E-state index contributed by atoms with van der Waals surface area (Å²) < 4.78 is 30.6. The van der Waals surface area contributed by atoms with E-state index in [1.165, 1.54) is 28.6 Å². The first-order valence-electron chi connectivity index (χ1n) is 11.7. The van der Waals surface area contributed by atoms with Gasteiger partial charge in [-0.1, -0.05) is 33.1 Å². The van der Waals surface area contributed by atoms with Gasteiger partial charge >= 0.3 is 0 Å². The summed E-state index contributed by atoms with van der Waals surface area (Å²) in [7, 11) is -2.09. The molecule has 34 heavy (non-hydrogen) atoms.